The number of rotatable bonds is 5. The monoisotopic (exact) mass is 504 g/mol. The molecule has 0 unspecified atom stereocenters. The van der Waals surface area contributed by atoms with Gasteiger partial charge in [-0.3, -0.25) is 4.79 Å². The number of carbonyl (C=O) groups excluding carboxylic acids is 1. The van der Waals surface area contributed by atoms with Gasteiger partial charge < -0.3 is 15.1 Å². The topological polar surface area (TPSA) is 100 Å². The fourth-order valence-electron chi connectivity index (χ4n) is 4.91. The second-order valence-electron chi connectivity index (χ2n) is 8.79. The van der Waals surface area contributed by atoms with Crippen LogP contribution in [0.15, 0.2) is 42.2 Å². The lowest BCUT2D eigenvalue weighted by atomic mass is 10.1. The van der Waals surface area contributed by atoms with Crippen molar-refractivity contribution in [2.24, 2.45) is 0 Å². The van der Waals surface area contributed by atoms with E-state index in [9.17, 15) is 4.79 Å². The lowest BCUT2D eigenvalue weighted by Gasteiger charge is -2.41. The number of nitrogens with zero attached hydrogens (tertiary/aromatic N) is 7. The third-order valence-electron chi connectivity index (χ3n) is 6.44. The first-order valence-electron chi connectivity index (χ1n) is 11.5. The van der Waals surface area contributed by atoms with Crippen LogP contribution in [-0.2, 0) is 0 Å². The van der Waals surface area contributed by atoms with Gasteiger partial charge in [0.05, 0.1) is 38.9 Å². The largest absolute Gasteiger partial charge is 0.337 e. The second-order valence-corrected chi connectivity index (χ2v) is 10.9. The van der Waals surface area contributed by atoms with Crippen molar-refractivity contribution in [3.63, 3.8) is 0 Å². The highest BCUT2D eigenvalue weighted by Crippen LogP contribution is 2.34. The highest BCUT2D eigenvalue weighted by molar-refractivity contribution is 7.16. The Morgan fingerprint density at radius 1 is 1.06 bits per heavy atom. The predicted octanol–water partition coefficient (Wildman–Crippen LogP) is 4.31. The van der Waals surface area contributed by atoms with Crippen LogP contribution in [0.5, 0.6) is 0 Å². The number of amides is 1. The van der Waals surface area contributed by atoms with Gasteiger partial charge in [0, 0.05) is 37.1 Å². The minimum atomic E-state index is 0.0396. The van der Waals surface area contributed by atoms with Crippen molar-refractivity contribution in [2.75, 3.05) is 23.3 Å². The average molecular weight is 505 g/mol. The summed E-state index contributed by atoms with van der Waals surface area (Å²) in [7, 11) is 0. The summed E-state index contributed by atoms with van der Waals surface area (Å²) in [5.74, 6) is 1.44. The summed E-state index contributed by atoms with van der Waals surface area (Å²) in [6.07, 6.45) is 7.17. The molecule has 1 N–H and O–H groups in total. The van der Waals surface area contributed by atoms with Crippen molar-refractivity contribution in [2.45, 2.75) is 38.8 Å². The van der Waals surface area contributed by atoms with Crippen LogP contribution in [0.1, 0.15) is 33.9 Å². The molecule has 11 heteroatoms. The molecule has 6 rings (SSSR count). The van der Waals surface area contributed by atoms with Crippen molar-refractivity contribution >= 4 is 45.5 Å². The van der Waals surface area contributed by atoms with Crippen molar-refractivity contribution in [3.05, 3.63) is 58.4 Å². The Balaban J connectivity index is 1.13. The van der Waals surface area contributed by atoms with Crippen LogP contribution < -0.4 is 10.2 Å². The van der Waals surface area contributed by atoms with Gasteiger partial charge in [-0.25, -0.2) is 24.9 Å². The van der Waals surface area contributed by atoms with Gasteiger partial charge in [0.15, 0.2) is 5.13 Å². The standard InChI is InChI=1S/C24H24N8OS2/c1-14-21(35-15(2)28-14)19-13-34-24(29-19)30-20-7-4-16(10-27-20)22(33)32-17-5-6-18(32)12-31(11-17)23-25-8-3-9-26-23/h3-4,7-10,13,17-18H,5-6,11-12H2,1-2H3,(H,27,29,30)/t17-,18+. The van der Waals surface area contributed by atoms with E-state index in [1.54, 1.807) is 29.9 Å². The number of pyridine rings is 1. The molecular weight excluding hydrogens is 480 g/mol. The van der Waals surface area contributed by atoms with Crippen molar-refractivity contribution in [1.82, 2.24) is 29.8 Å². The molecule has 4 aromatic rings. The van der Waals surface area contributed by atoms with E-state index >= 15 is 0 Å². The zero-order valence-electron chi connectivity index (χ0n) is 19.4. The van der Waals surface area contributed by atoms with E-state index in [1.807, 2.05) is 42.3 Å². The Hall–Kier alpha value is -3.44. The van der Waals surface area contributed by atoms with Crippen molar-refractivity contribution in [3.8, 4) is 10.6 Å². The molecule has 0 aliphatic carbocycles. The summed E-state index contributed by atoms with van der Waals surface area (Å²) in [6, 6.07) is 5.83. The van der Waals surface area contributed by atoms with Gasteiger partial charge in [-0.05, 0) is 44.9 Å². The summed E-state index contributed by atoms with van der Waals surface area (Å²) in [4.78, 5) is 41.1. The molecule has 2 fully saturated rings. The summed E-state index contributed by atoms with van der Waals surface area (Å²) in [6.45, 7) is 5.52. The lowest BCUT2D eigenvalue weighted by Crippen LogP contribution is -2.56. The van der Waals surface area contributed by atoms with Gasteiger partial charge in [0.2, 0.25) is 5.95 Å². The number of aromatic nitrogens is 5. The first-order valence-corrected chi connectivity index (χ1v) is 13.2. The fourth-order valence-corrected chi connectivity index (χ4v) is 6.57. The number of nitrogens with one attached hydrogen (secondary N) is 1. The molecule has 35 heavy (non-hydrogen) atoms. The molecule has 0 spiro atoms. The molecule has 178 valence electrons. The van der Waals surface area contributed by atoms with E-state index in [-0.39, 0.29) is 18.0 Å². The van der Waals surface area contributed by atoms with Crippen LogP contribution in [-0.4, -0.2) is 60.9 Å². The van der Waals surface area contributed by atoms with E-state index in [4.69, 9.17) is 0 Å². The zero-order valence-corrected chi connectivity index (χ0v) is 21.0. The molecule has 0 radical (unpaired) electrons. The summed E-state index contributed by atoms with van der Waals surface area (Å²) in [5.41, 5.74) is 2.52. The normalized spacial score (nSPS) is 19.3. The van der Waals surface area contributed by atoms with E-state index in [2.05, 4.69) is 35.1 Å². The number of thiazole rings is 2. The molecule has 4 aromatic heterocycles. The molecule has 1 amide bonds. The van der Waals surface area contributed by atoms with Crippen LogP contribution in [0.4, 0.5) is 16.9 Å². The van der Waals surface area contributed by atoms with Gasteiger partial charge >= 0.3 is 0 Å². The Labute approximate surface area is 210 Å². The quantitative estimate of drug-likeness (QED) is 0.429. The van der Waals surface area contributed by atoms with Gasteiger partial charge in [-0.15, -0.1) is 22.7 Å². The number of hydrogen-bond donors (Lipinski definition) is 1. The van der Waals surface area contributed by atoms with Gasteiger partial charge in [-0.1, -0.05) is 0 Å². The zero-order chi connectivity index (χ0) is 23.9. The average Bonchev–Trinajstić information content (AvgIpc) is 3.54. The third-order valence-corrected chi connectivity index (χ3v) is 8.29. The molecule has 6 heterocycles. The number of fused-ring (bicyclic) bond motifs is 2. The number of piperazine rings is 1. The van der Waals surface area contributed by atoms with E-state index in [1.165, 1.54) is 11.3 Å². The summed E-state index contributed by atoms with van der Waals surface area (Å²) in [5, 5.41) is 7.07. The van der Waals surface area contributed by atoms with E-state index in [0.717, 1.165) is 58.3 Å². The lowest BCUT2D eigenvalue weighted by molar-refractivity contribution is 0.0640. The van der Waals surface area contributed by atoms with Crippen molar-refractivity contribution < 1.29 is 4.79 Å². The summed E-state index contributed by atoms with van der Waals surface area (Å²) < 4.78 is 0. The van der Waals surface area contributed by atoms with E-state index in [0.29, 0.717) is 11.4 Å². The van der Waals surface area contributed by atoms with Gasteiger partial charge in [0.25, 0.3) is 5.91 Å². The number of carbonyl (C=O) groups is 1. The third kappa shape index (κ3) is 4.25. The highest BCUT2D eigenvalue weighted by Gasteiger charge is 2.43. The number of anilines is 3. The molecule has 2 aliphatic rings. The maximum atomic E-state index is 13.4. The Bertz CT molecular complexity index is 1340. The van der Waals surface area contributed by atoms with Crippen LogP contribution >= 0.6 is 22.7 Å². The second kappa shape index (κ2) is 8.97. The minimum absolute atomic E-state index is 0.0396. The molecule has 0 saturated carbocycles. The van der Waals surface area contributed by atoms with Gasteiger partial charge in [0.1, 0.15) is 5.82 Å². The molecule has 2 bridgehead atoms. The molecule has 2 saturated heterocycles. The SMILES string of the molecule is Cc1nc(C)c(-c2csc(Nc3ccc(C(=O)N4[C@@H]5CC[C@H]4CN(c4ncccn4)C5)cn3)n2)s1. The highest BCUT2D eigenvalue weighted by atomic mass is 32.1. The van der Waals surface area contributed by atoms with Gasteiger partial charge in [-0.2, -0.15) is 0 Å². The van der Waals surface area contributed by atoms with Crippen LogP contribution in [0, 0.1) is 13.8 Å². The van der Waals surface area contributed by atoms with Crippen molar-refractivity contribution in [1.29, 1.82) is 0 Å². The Morgan fingerprint density at radius 2 is 1.83 bits per heavy atom. The maximum absolute atomic E-state index is 13.4. The molecule has 9 nitrogen and oxygen atoms in total. The maximum Gasteiger partial charge on any atom is 0.256 e. The fraction of sp³-hybridized carbons (Fsp3) is 0.333. The molecular formula is C24H24N8OS2. The van der Waals surface area contributed by atoms with Crippen LogP contribution in [0.2, 0.25) is 0 Å². The molecule has 2 aliphatic heterocycles. The Morgan fingerprint density at radius 3 is 2.49 bits per heavy atom. The Kier molecular flexibility index (Phi) is 5.65. The molecule has 2 atom stereocenters. The first-order chi connectivity index (χ1) is 17.0. The number of aryl methyl sites for hydroxylation is 2. The first kappa shape index (κ1) is 22.1. The minimum Gasteiger partial charge on any atom is -0.337 e. The van der Waals surface area contributed by atoms with Crippen LogP contribution in [0.3, 0.4) is 0 Å². The molecule has 0 aromatic carbocycles. The van der Waals surface area contributed by atoms with Crippen LogP contribution in [0.25, 0.3) is 10.6 Å². The predicted molar refractivity (Wildman–Crippen MR) is 137 cm³/mol. The summed E-state index contributed by atoms with van der Waals surface area (Å²) >= 11 is 3.17. The van der Waals surface area contributed by atoms with E-state index < -0.39 is 0 Å². The number of hydrogen-bond acceptors (Lipinski definition) is 10. The smallest absolute Gasteiger partial charge is 0.256 e.